The molecule has 2 aliphatic rings. The zero-order valence-corrected chi connectivity index (χ0v) is 15.9. The highest BCUT2D eigenvalue weighted by atomic mass is 16.4. The van der Waals surface area contributed by atoms with Crippen LogP contribution in [-0.2, 0) is 20.8 Å². The number of rotatable bonds is 7. The van der Waals surface area contributed by atoms with Crippen LogP contribution in [0.1, 0.15) is 24.8 Å². The van der Waals surface area contributed by atoms with Crippen LogP contribution in [0.25, 0.3) is 12.2 Å². The first kappa shape index (κ1) is 20.9. The third kappa shape index (κ3) is 4.77. The zero-order valence-electron chi connectivity index (χ0n) is 15.9. The van der Waals surface area contributed by atoms with Crippen molar-refractivity contribution < 1.29 is 24.6 Å². The summed E-state index contributed by atoms with van der Waals surface area (Å²) in [5.41, 5.74) is 1.00. The molecule has 0 aromatic carbocycles. The summed E-state index contributed by atoms with van der Waals surface area (Å²) in [5, 5.41) is 25.4. The molecule has 2 heterocycles. The maximum absolute atomic E-state index is 11.6. The summed E-state index contributed by atoms with van der Waals surface area (Å²) in [6, 6.07) is -2.12. The highest BCUT2D eigenvalue weighted by Crippen LogP contribution is 2.17. The first-order valence-corrected chi connectivity index (χ1v) is 9.29. The number of H-pyrrole nitrogens is 1. The lowest BCUT2D eigenvalue weighted by atomic mass is 9.99. The molecule has 0 bridgehead atoms. The van der Waals surface area contributed by atoms with Gasteiger partial charge in [-0.15, -0.1) is 4.91 Å². The number of aromatic nitrogens is 1. The van der Waals surface area contributed by atoms with E-state index in [9.17, 15) is 24.4 Å². The lowest BCUT2D eigenvalue weighted by molar-refractivity contribution is -0.138. The molecule has 0 radical (unpaired) electrons. The summed E-state index contributed by atoms with van der Waals surface area (Å²) in [4.78, 5) is 52.1. The number of carbonyl (C=O) groups is 3. The number of hydrogen-bond acceptors (Lipinski definition) is 6. The van der Waals surface area contributed by atoms with Gasteiger partial charge in [-0.05, 0) is 41.3 Å². The second-order valence-electron chi connectivity index (χ2n) is 6.92. The van der Waals surface area contributed by atoms with Gasteiger partial charge in [-0.2, -0.15) is 0 Å². The Labute approximate surface area is 170 Å². The number of aliphatic carboxylic acids is 2. The minimum atomic E-state index is -1.30. The number of carboxylic acid groups (broad SMARTS) is 2. The van der Waals surface area contributed by atoms with Crippen LogP contribution in [0, 0.1) is 4.91 Å². The van der Waals surface area contributed by atoms with E-state index in [1.54, 1.807) is 6.20 Å². The lowest BCUT2D eigenvalue weighted by Crippen LogP contribution is -2.40. The van der Waals surface area contributed by atoms with Crippen molar-refractivity contribution in [2.45, 2.75) is 37.8 Å². The Kier molecular flexibility index (Phi) is 6.35. The molecule has 156 valence electrons. The number of carbonyl (C=O) groups excluding carboxylic acids is 1. The van der Waals surface area contributed by atoms with E-state index in [0.717, 1.165) is 29.0 Å². The number of hydrogen-bond donors (Lipinski definition) is 4. The zero-order chi connectivity index (χ0) is 21.7. The van der Waals surface area contributed by atoms with Crippen LogP contribution >= 0.6 is 0 Å². The average Bonchev–Trinajstić information content (AvgIpc) is 3.15. The molecule has 0 spiro atoms. The molecule has 30 heavy (non-hydrogen) atoms. The van der Waals surface area contributed by atoms with E-state index in [0.29, 0.717) is 5.57 Å². The summed E-state index contributed by atoms with van der Waals surface area (Å²) in [6.45, 7) is 0. The molecule has 1 amide bonds. The molecule has 2 unspecified atom stereocenters. The summed E-state index contributed by atoms with van der Waals surface area (Å²) in [5.74, 6) is -3.40. The van der Waals surface area contributed by atoms with Gasteiger partial charge in [0.25, 0.3) is 0 Å². The van der Waals surface area contributed by atoms with Crippen LogP contribution in [0.2, 0.25) is 0 Å². The largest absolute Gasteiger partial charge is 0.480 e. The number of fused-ring (bicyclic) bond motifs is 1. The van der Waals surface area contributed by atoms with Gasteiger partial charge in [0.05, 0.1) is 0 Å². The van der Waals surface area contributed by atoms with Crippen LogP contribution in [0.5, 0.6) is 0 Å². The molecule has 1 aromatic heterocycles. The molecule has 1 aliphatic carbocycles. The van der Waals surface area contributed by atoms with E-state index >= 15 is 0 Å². The van der Waals surface area contributed by atoms with Crippen LogP contribution in [0.3, 0.4) is 0 Å². The number of aromatic amines is 1. The second-order valence-corrected chi connectivity index (χ2v) is 6.92. The molecule has 0 fully saturated rings. The van der Waals surface area contributed by atoms with E-state index in [1.807, 2.05) is 0 Å². The standard InChI is InChI=1S/C20H20N4O6/c25-18(24-30)15-7-11(8-17(23-15)20(28)29)5-6-21-16(19(26)27)9-12-10-22-14-4-2-1-3-13(12)14/h3-6,8,10,15-16,22-23H,1-2,7,9H2,(H,26,27)(H,28,29)/b11-5-,21-6?. The molecule has 1 aliphatic heterocycles. The number of aliphatic imine (C=N–C) groups is 1. The number of allylic oxidation sites excluding steroid dienone is 2. The van der Waals surface area contributed by atoms with Gasteiger partial charge >= 0.3 is 17.8 Å². The van der Waals surface area contributed by atoms with E-state index < -0.39 is 29.9 Å². The van der Waals surface area contributed by atoms with E-state index in [2.05, 4.69) is 32.6 Å². The predicted molar refractivity (Wildman–Crippen MR) is 108 cm³/mol. The van der Waals surface area contributed by atoms with Crippen molar-refractivity contribution in [1.29, 1.82) is 0 Å². The normalized spacial score (nSPS) is 20.3. The molecule has 2 atom stereocenters. The summed E-state index contributed by atoms with van der Waals surface area (Å²) in [7, 11) is 0. The van der Waals surface area contributed by atoms with E-state index in [1.165, 1.54) is 18.4 Å². The Bertz CT molecular complexity index is 1100. The number of nitroso groups, excluding NO2 is 1. The Morgan fingerprint density at radius 2 is 2.00 bits per heavy atom. The summed E-state index contributed by atoms with van der Waals surface area (Å²) < 4.78 is 0. The molecule has 4 N–H and O–H groups in total. The van der Waals surface area contributed by atoms with Gasteiger partial charge in [0.2, 0.25) is 0 Å². The summed E-state index contributed by atoms with van der Waals surface area (Å²) in [6.07, 6.45) is 12.0. The Hall–Kier alpha value is -3.82. The van der Waals surface area contributed by atoms with Gasteiger partial charge < -0.3 is 20.5 Å². The molecule has 0 saturated heterocycles. The highest BCUT2D eigenvalue weighted by molar-refractivity contribution is 5.91. The average molecular weight is 412 g/mol. The van der Waals surface area contributed by atoms with Crippen LogP contribution in [0.15, 0.2) is 39.8 Å². The van der Waals surface area contributed by atoms with Gasteiger partial charge in [0.1, 0.15) is 11.7 Å². The molecular formula is C20H20N4O6. The van der Waals surface area contributed by atoms with Gasteiger partial charge in [-0.1, -0.05) is 12.2 Å². The third-order valence-corrected chi connectivity index (χ3v) is 4.87. The summed E-state index contributed by atoms with van der Waals surface area (Å²) >= 11 is 0. The van der Waals surface area contributed by atoms with Crippen LogP contribution < -0.4 is 15.9 Å². The molecule has 1 aromatic rings. The second kappa shape index (κ2) is 9.12. The van der Waals surface area contributed by atoms with Crippen LogP contribution in [-0.4, -0.2) is 51.3 Å². The Morgan fingerprint density at radius 1 is 1.23 bits per heavy atom. The van der Waals surface area contributed by atoms with Gasteiger partial charge in [-0.25, -0.2) is 9.59 Å². The maximum atomic E-state index is 11.6. The van der Waals surface area contributed by atoms with Crippen LogP contribution in [0.4, 0.5) is 0 Å². The molecule has 3 rings (SSSR count). The van der Waals surface area contributed by atoms with Gasteiger partial charge in [-0.3, -0.25) is 9.79 Å². The molecule has 10 nitrogen and oxygen atoms in total. The monoisotopic (exact) mass is 412 g/mol. The van der Waals surface area contributed by atoms with Crippen molar-refractivity contribution in [3.8, 4) is 0 Å². The number of carboxylic acids is 2. The van der Waals surface area contributed by atoms with Gasteiger partial charge in [0.15, 0.2) is 6.04 Å². The minimum Gasteiger partial charge on any atom is -0.480 e. The van der Waals surface area contributed by atoms with Crippen molar-refractivity contribution in [1.82, 2.24) is 10.3 Å². The third-order valence-electron chi connectivity index (χ3n) is 4.87. The quantitative estimate of drug-likeness (QED) is 0.361. The van der Waals surface area contributed by atoms with Crippen molar-refractivity contribution >= 4 is 36.2 Å². The topological polar surface area (TPSA) is 161 Å². The number of nitrogens with zero attached hydrogens (tertiary/aromatic N) is 2. The predicted octanol–water partition coefficient (Wildman–Crippen LogP) is -0.0142. The Balaban J connectivity index is 1.80. The lowest BCUT2D eigenvalue weighted by Gasteiger charge is -2.21. The fourth-order valence-electron chi connectivity index (χ4n) is 3.39. The SMILES string of the molecule is O=NC(=O)C1C/C(=C/C=NC(Cc2c[nH]c3c2=CCCC=3)C(=O)O)C=C(C(=O)O)N1. The van der Waals surface area contributed by atoms with E-state index in [4.69, 9.17) is 5.11 Å². The minimum absolute atomic E-state index is 0.0290. The Morgan fingerprint density at radius 3 is 2.70 bits per heavy atom. The van der Waals surface area contributed by atoms with Crippen molar-refractivity contribution in [3.63, 3.8) is 0 Å². The smallest absolute Gasteiger partial charge is 0.351 e. The van der Waals surface area contributed by atoms with Crippen molar-refractivity contribution in [2.24, 2.45) is 10.2 Å². The van der Waals surface area contributed by atoms with Crippen molar-refractivity contribution in [2.75, 3.05) is 0 Å². The molecule has 10 heteroatoms. The molecule has 0 saturated carbocycles. The maximum Gasteiger partial charge on any atom is 0.351 e. The first-order valence-electron chi connectivity index (χ1n) is 9.29. The van der Waals surface area contributed by atoms with Crippen molar-refractivity contribution in [3.05, 3.63) is 50.7 Å². The highest BCUT2D eigenvalue weighted by Gasteiger charge is 2.27. The fourth-order valence-corrected chi connectivity index (χ4v) is 3.39. The number of nitrogens with one attached hydrogen (secondary N) is 2. The number of amides is 1. The first-order chi connectivity index (χ1) is 14.4. The van der Waals surface area contributed by atoms with Gasteiger partial charge in [0, 0.05) is 35.8 Å². The fraction of sp³-hybridized carbons (Fsp3) is 0.300. The molecular weight excluding hydrogens is 392 g/mol. The van der Waals surface area contributed by atoms with E-state index in [-0.39, 0.29) is 18.5 Å².